The van der Waals surface area contributed by atoms with Crippen molar-refractivity contribution in [3.63, 3.8) is 0 Å². The summed E-state index contributed by atoms with van der Waals surface area (Å²) in [5, 5.41) is 23.2. The van der Waals surface area contributed by atoms with Crippen molar-refractivity contribution < 1.29 is 14.6 Å². The standard InChI is InChI=1S/C19H29FN2O2/c1-12(2)21-16-8-13-9-18(19(3,4)5)22(11-14(24)6-7-23)17(13)10-15(16)20/h8-10,12,14,21,23-24H,6-7,11H2,1-5H3. The molecule has 2 aromatic rings. The topological polar surface area (TPSA) is 57.4 Å². The largest absolute Gasteiger partial charge is 0.396 e. The SMILES string of the molecule is CC(C)Nc1cc2cc(C(C)(C)C)n(CC(O)CCO)c2cc1F. The molecule has 0 aliphatic rings. The molecule has 0 spiro atoms. The molecule has 1 aromatic carbocycles. The zero-order valence-electron chi connectivity index (χ0n) is 15.2. The summed E-state index contributed by atoms with van der Waals surface area (Å²) >= 11 is 0. The summed E-state index contributed by atoms with van der Waals surface area (Å²) in [6.45, 7) is 10.5. The minimum Gasteiger partial charge on any atom is -0.396 e. The Balaban J connectivity index is 2.57. The van der Waals surface area contributed by atoms with Crippen LogP contribution < -0.4 is 5.32 Å². The van der Waals surface area contributed by atoms with Crippen molar-refractivity contribution in [2.45, 2.75) is 65.1 Å². The first-order chi connectivity index (χ1) is 11.1. The molecule has 5 heteroatoms. The van der Waals surface area contributed by atoms with Crippen LogP contribution in [-0.4, -0.2) is 33.5 Å². The molecule has 0 bridgehead atoms. The molecule has 1 heterocycles. The van der Waals surface area contributed by atoms with E-state index in [-0.39, 0.29) is 23.9 Å². The third-order valence-electron chi connectivity index (χ3n) is 4.06. The smallest absolute Gasteiger partial charge is 0.148 e. The van der Waals surface area contributed by atoms with Crippen LogP contribution in [0, 0.1) is 5.82 Å². The highest BCUT2D eigenvalue weighted by Gasteiger charge is 2.23. The normalized spacial score (nSPS) is 13.7. The number of aliphatic hydroxyl groups excluding tert-OH is 2. The van der Waals surface area contributed by atoms with E-state index in [1.165, 1.54) is 6.07 Å². The van der Waals surface area contributed by atoms with E-state index < -0.39 is 6.10 Å². The Bertz CT molecular complexity index is 701. The Hall–Kier alpha value is -1.59. The maximum absolute atomic E-state index is 14.5. The van der Waals surface area contributed by atoms with Crippen molar-refractivity contribution in [3.05, 3.63) is 29.7 Å². The van der Waals surface area contributed by atoms with Crippen LogP contribution in [0.25, 0.3) is 10.9 Å². The average molecular weight is 336 g/mol. The number of fused-ring (bicyclic) bond motifs is 1. The second-order valence-corrected chi connectivity index (χ2v) is 7.75. The lowest BCUT2D eigenvalue weighted by molar-refractivity contribution is 0.116. The molecule has 0 aliphatic carbocycles. The second-order valence-electron chi connectivity index (χ2n) is 7.75. The lowest BCUT2D eigenvalue weighted by Crippen LogP contribution is -2.23. The molecule has 0 saturated carbocycles. The van der Waals surface area contributed by atoms with Crippen molar-refractivity contribution in [1.82, 2.24) is 4.57 Å². The predicted octanol–water partition coefficient (Wildman–Crippen LogP) is 3.64. The van der Waals surface area contributed by atoms with Crippen LogP contribution in [0.2, 0.25) is 0 Å². The average Bonchev–Trinajstić information content (AvgIpc) is 2.77. The van der Waals surface area contributed by atoms with E-state index in [4.69, 9.17) is 5.11 Å². The fraction of sp³-hybridized carbons (Fsp3) is 0.579. The number of anilines is 1. The van der Waals surface area contributed by atoms with Gasteiger partial charge in [0.25, 0.3) is 0 Å². The van der Waals surface area contributed by atoms with Gasteiger partial charge in [-0.25, -0.2) is 4.39 Å². The highest BCUT2D eigenvalue weighted by atomic mass is 19.1. The van der Waals surface area contributed by atoms with Crippen LogP contribution in [-0.2, 0) is 12.0 Å². The van der Waals surface area contributed by atoms with Crippen molar-refractivity contribution in [2.75, 3.05) is 11.9 Å². The molecule has 24 heavy (non-hydrogen) atoms. The van der Waals surface area contributed by atoms with Crippen LogP contribution in [0.15, 0.2) is 18.2 Å². The molecule has 1 aromatic heterocycles. The van der Waals surface area contributed by atoms with Crippen LogP contribution >= 0.6 is 0 Å². The molecular weight excluding hydrogens is 307 g/mol. The Morgan fingerprint density at radius 2 is 1.88 bits per heavy atom. The van der Waals surface area contributed by atoms with Crippen molar-refractivity contribution in [1.29, 1.82) is 0 Å². The number of hydrogen-bond acceptors (Lipinski definition) is 3. The molecule has 0 radical (unpaired) electrons. The van der Waals surface area contributed by atoms with E-state index in [0.717, 1.165) is 16.6 Å². The van der Waals surface area contributed by atoms with E-state index in [9.17, 15) is 9.50 Å². The first-order valence-corrected chi connectivity index (χ1v) is 8.52. The Morgan fingerprint density at radius 1 is 1.21 bits per heavy atom. The van der Waals surface area contributed by atoms with Crippen molar-refractivity contribution >= 4 is 16.6 Å². The van der Waals surface area contributed by atoms with Gasteiger partial charge < -0.3 is 20.1 Å². The van der Waals surface area contributed by atoms with Gasteiger partial charge in [0.15, 0.2) is 0 Å². The zero-order valence-corrected chi connectivity index (χ0v) is 15.2. The van der Waals surface area contributed by atoms with Crippen molar-refractivity contribution in [3.8, 4) is 0 Å². The Morgan fingerprint density at radius 3 is 2.42 bits per heavy atom. The van der Waals surface area contributed by atoms with Crippen LogP contribution in [0.1, 0.15) is 46.7 Å². The van der Waals surface area contributed by atoms with Gasteiger partial charge in [-0.2, -0.15) is 0 Å². The first-order valence-electron chi connectivity index (χ1n) is 8.52. The number of aliphatic hydroxyl groups is 2. The molecule has 4 nitrogen and oxygen atoms in total. The highest BCUT2D eigenvalue weighted by Crippen LogP contribution is 2.32. The summed E-state index contributed by atoms with van der Waals surface area (Å²) < 4.78 is 16.4. The second kappa shape index (κ2) is 7.11. The van der Waals surface area contributed by atoms with Gasteiger partial charge >= 0.3 is 0 Å². The molecule has 1 unspecified atom stereocenters. The third kappa shape index (κ3) is 4.08. The molecule has 0 fully saturated rings. The van der Waals surface area contributed by atoms with Crippen LogP contribution in [0.5, 0.6) is 0 Å². The van der Waals surface area contributed by atoms with E-state index in [2.05, 4.69) is 32.2 Å². The highest BCUT2D eigenvalue weighted by molar-refractivity contribution is 5.85. The quantitative estimate of drug-likeness (QED) is 0.755. The number of nitrogens with one attached hydrogen (secondary N) is 1. The van der Waals surface area contributed by atoms with Crippen LogP contribution in [0.4, 0.5) is 10.1 Å². The Kier molecular flexibility index (Phi) is 5.56. The van der Waals surface area contributed by atoms with Crippen LogP contribution in [0.3, 0.4) is 0 Å². The molecule has 0 saturated heterocycles. The van der Waals surface area contributed by atoms with E-state index in [0.29, 0.717) is 18.7 Å². The predicted molar refractivity (Wildman–Crippen MR) is 97.1 cm³/mol. The van der Waals surface area contributed by atoms with Crippen molar-refractivity contribution in [2.24, 2.45) is 0 Å². The van der Waals surface area contributed by atoms with E-state index in [1.54, 1.807) is 0 Å². The monoisotopic (exact) mass is 336 g/mol. The lowest BCUT2D eigenvalue weighted by atomic mass is 9.92. The lowest BCUT2D eigenvalue weighted by Gasteiger charge is -2.23. The molecule has 2 rings (SSSR count). The molecule has 134 valence electrons. The summed E-state index contributed by atoms with van der Waals surface area (Å²) in [6, 6.07) is 5.56. The number of hydrogen-bond donors (Lipinski definition) is 3. The molecular formula is C19H29FN2O2. The molecule has 3 N–H and O–H groups in total. The summed E-state index contributed by atoms with van der Waals surface area (Å²) in [5.41, 5.74) is 2.16. The molecule has 0 aliphatic heterocycles. The first kappa shape index (κ1) is 18.7. The molecule has 1 atom stereocenters. The van der Waals surface area contributed by atoms with E-state index >= 15 is 0 Å². The van der Waals surface area contributed by atoms with Gasteiger partial charge in [0, 0.05) is 41.8 Å². The Labute approximate surface area is 143 Å². The minimum absolute atomic E-state index is 0.0674. The maximum atomic E-state index is 14.5. The number of benzene rings is 1. The van der Waals surface area contributed by atoms with Gasteiger partial charge in [-0.3, -0.25) is 0 Å². The summed E-state index contributed by atoms with van der Waals surface area (Å²) in [7, 11) is 0. The van der Waals surface area contributed by atoms with Gasteiger partial charge in [-0.1, -0.05) is 20.8 Å². The fourth-order valence-electron chi connectivity index (χ4n) is 2.97. The number of aromatic nitrogens is 1. The maximum Gasteiger partial charge on any atom is 0.148 e. The van der Waals surface area contributed by atoms with Gasteiger partial charge in [0.1, 0.15) is 5.82 Å². The summed E-state index contributed by atoms with van der Waals surface area (Å²) in [5.74, 6) is -0.298. The third-order valence-corrected chi connectivity index (χ3v) is 4.06. The number of nitrogens with zero attached hydrogens (tertiary/aromatic N) is 1. The van der Waals surface area contributed by atoms with Gasteiger partial charge in [-0.15, -0.1) is 0 Å². The zero-order chi connectivity index (χ0) is 18.1. The van der Waals surface area contributed by atoms with Gasteiger partial charge in [0.2, 0.25) is 0 Å². The van der Waals surface area contributed by atoms with Gasteiger partial charge in [0.05, 0.1) is 17.3 Å². The molecule has 0 amide bonds. The minimum atomic E-state index is -0.664. The summed E-state index contributed by atoms with van der Waals surface area (Å²) in [6.07, 6.45) is -0.359. The number of rotatable bonds is 6. The number of halogens is 1. The summed E-state index contributed by atoms with van der Waals surface area (Å²) in [4.78, 5) is 0. The van der Waals surface area contributed by atoms with E-state index in [1.807, 2.05) is 24.5 Å². The van der Waals surface area contributed by atoms with Gasteiger partial charge in [-0.05, 0) is 32.4 Å². The fourth-order valence-corrected chi connectivity index (χ4v) is 2.97.